The molecule has 1 aromatic heterocycles. The Morgan fingerprint density at radius 1 is 1.15 bits per heavy atom. The first-order valence-electron chi connectivity index (χ1n) is 7.96. The highest BCUT2D eigenvalue weighted by molar-refractivity contribution is 6.04. The second kappa shape index (κ2) is 7.60. The Balaban J connectivity index is 1.74. The average molecular weight is 353 g/mol. The zero-order valence-corrected chi connectivity index (χ0v) is 14.0. The van der Waals surface area contributed by atoms with Crippen LogP contribution in [-0.4, -0.2) is 28.7 Å². The molecule has 3 rings (SSSR count). The number of ether oxygens (including phenoxy) is 1. The number of carbonyl (C=O) groups excluding carboxylic acids is 2. The first-order valence-corrected chi connectivity index (χ1v) is 7.96. The molecule has 3 aromatic rings. The van der Waals surface area contributed by atoms with Crippen molar-refractivity contribution in [1.82, 2.24) is 10.2 Å². The summed E-state index contributed by atoms with van der Waals surface area (Å²) in [4.78, 5) is 24.1. The number of nitrogens with zero attached hydrogens (tertiary/aromatic N) is 1. The highest BCUT2D eigenvalue weighted by Crippen LogP contribution is 2.19. The standard InChI is InChI=1S/C19H16FN3O3/c1-2-26-19(25)13-4-3-5-15(10-13)21-18(24)17-11-16(22-23-17)12-6-8-14(20)9-7-12/h3-11H,2H2,1H3,(H,21,24)(H,22,23). The van der Waals surface area contributed by atoms with Gasteiger partial charge in [-0.25, -0.2) is 9.18 Å². The Morgan fingerprint density at radius 3 is 2.65 bits per heavy atom. The number of hydrogen-bond acceptors (Lipinski definition) is 4. The Bertz CT molecular complexity index is 935. The van der Waals surface area contributed by atoms with E-state index >= 15 is 0 Å². The van der Waals surface area contributed by atoms with E-state index in [0.717, 1.165) is 0 Å². The number of aromatic nitrogens is 2. The van der Waals surface area contributed by atoms with E-state index in [2.05, 4.69) is 15.5 Å². The lowest BCUT2D eigenvalue weighted by atomic mass is 10.1. The SMILES string of the molecule is CCOC(=O)c1cccc(NC(=O)c2cc(-c3ccc(F)cc3)n[nH]2)c1. The molecule has 0 unspecified atom stereocenters. The number of benzene rings is 2. The summed E-state index contributed by atoms with van der Waals surface area (Å²) < 4.78 is 17.9. The fraction of sp³-hybridized carbons (Fsp3) is 0.105. The molecule has 0 spiro atoms. The second-order valence-electron chi connectivity index (χ2n) is 5.43. The van der Waals surface area contributed by atoms with Crippen molar-refractivity contribution in [3.8, 4) is 11.3 Å². The van der Waals surface area contributed by atoms with E-state index in [0.29, 0.717) is 22.5 Å². The zero-order chi connectivity index (χ0) is 18.5. The van der Waals surface area contributed by atoms with E-state index in [4.69, 9.17) is 4.74 Å². The number of carbonyl (C=O) groups is 2. The third-order valence-corrected chi connectivity index (χ3v) is 3.59. The molecule has 0 atom stereocenters. The third kappa shape index (κ3) is 3.94. The van der Waals surface area contributed by atoms with E-state index in [1.54, 1.807) is 43.3 Å². The molecular formula is C19H16FN3O3. The Hall–Kier alpha value is -3.48. The van der Waals surface area contributed by atoms with Crippen LogP contribution in [0.4, 0.5) is 10.1 Å². The minimum Gasteiger partial charge on any atom is -0.462 e. The van der Waals surface area contributed by atoms with Crippen LogP contribution in [0.2, 0.25) is 0 Å². The van der Waals surface area contributed by atoms with E-state index in [-0.39, 0.29) is 18.1 Å². The van der Waals surface area contributed by atoms with Crippen LogP contribution in [0.25, 0.3) is 11.3 Å². The molecule has 0 saturated heterocycles. The molecule has 0 aliphatic carbocycles. The number of amides is 1. The fourth-order valence-electron chi connectivity index (χ4n) is 2.34. The number of anilines is 1. The van der Waals surface area contributed by atoms with Gasteiger partial charge in [-0.15, -0.1) is 0 Å². The minimum absolute atomic E-state index is 0.242. The molecule has 0 bridgehead atoms. The molecule has 2 N–H and O–H groups in total. The maximum Gasteiger partial charge on any atom is 0.338 e. The smallest absolute Gasteiger partial charge is 0.338 e. The zero-order valence-electron chi connectivity index (χ0n) is 14.0. The summed E-state index contributed by atoms with van der Waals surface area (Å²) in [6.07, 6.45) is 0. The molecule has 7 heteroatoms. The number of aromatic amines is 1. The molecule has 0 aliphatic heterocycles. The van der Waals surface area contributed by atoms with Crippen molar-refractivity contribution in [2.75, 3.05) is 11.9 Å². The van der Waals surface area contributed by atoms with Gasteiger partial charge in [-0.3, -0.25) is 9.89 Å². The summed E-state index contributed by atoms with van der Waals surface area (Å²) in [5.74, 6) is -1.21. The molecule has 0 radical (unpaired) electrons. The molecule has 2 aromatic carbocycles. The maximum atomic E-state index is 13.0. The van der Waals surface area contributed by atoms with Crippen LogP contribution in [0, 0.1) is 5.82 Å². The quantitative estimate of drug-likeness (QED) is 0.686. The molecule has 1 heterocycles. The predicted octanol–water partition coefficient (Wildman–Crippen LogP) is 3.64. The van der Waals surface area contributed by atoms with Gasteiger partial charge in [-0.1, -0.05) is 6.07 Å². The van der Waals surface area contributed by atoms with Gasteiger partial charge in [0.15, 0.2) is 0 Å². The number of esters is 1. The normalized spacial score (nSPS) is 10.4. The summed E-state index contributed by atoms with van der Waals surface area (Å²) in [5.41, 5.74) is 2.26. The topological polar surface area (TPSA) is 84.1 Å². The molecule has 26 heavy (non-hydrogen) atoms. The van der Waals surface area contributed by atoms with Gasteiger partial charge in [0.25, 0.3) is 5.91 Å². The van der Waals surface area contributed by atoms with Gasteiger partial charge < -0.3 is 10.1 Å². The lowest BCUT2D eigenvalue weighted by Crippen LogP contribution is -2.13. The molecule has 0 aliphatic rings. The van der Waals surface area contributed by atoms with Crippen LogP contribution in [0.15, 0.2) is 54.6 Å². The Morgan fingerprint density at radius 2 is 1.92 bits per heavy atom. The minimum atomic E-state index is -0.455. The van der Waals surface area contributed by atoms with Gasteiger partial charge in [0.1, 0.15) is 11.5 Å². The number of H-pyrrole nitrogens is 1. The first-order chi connectivity index (χ1) is 12.6. The van der Waals surface area contributed by atoms with Crippen molar-refractivity contribution < 1.29 is 18.7 Å². The van der Waals surface area contributed by atoms with Crippen molar-refractivity contribution in [1.29, 1.82) is 0 Å². The van der Waals surface area contributed by atoms with Crippen molar-refractivity contribution in [3.63, 3.8) is 0 Å². The lowest BCUT2D eigenvalue weighted by Gasteiger charge is -2.06. The van der Waals surface area contributed by atoms with Gasteiger partial charge in [0.2, 0.25) is 0 Å². The van der Waals surface area contributed by atoms with Crippen molar-refractivity contribution in [2.24, 2.45) is 0 Å². The molecule has 1 amide bonds. The molecule has 0 saturated carbocycles. The van der Waals surface area contributed by atoms with Gasteiger partial charge in [0.05, 0.1) is 17.9 Å². The van der Waals surface area contributed by atoms with Crippen LogP contribution in [0.1, 0.15) is 27.8 Å². The van der Waals surface area contributed by atoms with Crippen molar-refractivity contribution >= 4 is 17.6 Å². The Kier molecular flexibility index (Phi) is 5.07. The highest BCUT2D eigenvalue weighted by atomic mass is 19.1. The lowest BCUT2D eigenvalue weighted by molar-refractivity contribution is 0.0526. The second-order valence-corrected chi connectivity index (χ2v) is 5.43. The van der Waals surface area contributed by atoms with Crippen LogP contribution < -0.4 is 5.32 Å². The summed E-state index contributed by atoms with van der Waals surface area (Å²) in [6, 6.07) is 13.8. The maximum absolute atomic E-state index is 13.0. The summed E-state index contributed by atoms with van der Waals surface area (Å²) in [5, 5.41) is 9.41. The van der Waals surface area contributed by atoms with E-state index < -0.39 is 11.9 Å². The van der Waals surface area contributed by atoms with Crippen molar-refractivity contribution in [2.45, 2.75) is 6.92 Å². The molecule has 6 nitrogen and oxygen atoms in total. The number of rotatable bonds is 5. The van der Waals surface area contributed by atoms with E-state index in [9.17, 15) is 14.0 Å². The van der Waals surface area contributed by atoms with Crippen LogP contribution in [-0.2, 0) is 4.74 Å². The van der Waals surface area contributed by atoms with E-state index in [1.165, 1.54) is 18.2 Å². The number of halogens is 1. The van der Waals surface area contributed by atoms with Gasteiger partial charge >= 0.3 is 5.97 Å². The number of hydrogen-bond donors (Lipinski definition) is 2. The molecular weight excluding hydrogens is 337 g/mol. The summed E-state index contributed by atoms with van der Waals surface area (Å²) in [7, 11) is 0. The highest BCUT2D eigenvalue weighted by Gasteiger charge is 2.13. The van der Waals surface area contributed by atoms with Crippen molar-refractivity contribution in [3.05, 3.63) is 71.7 Å². The van der Waals surface area contributed by atoms with Crippen LogP contribution >= 0.6 is 0 Å². The summed E-state index contributed by atoms with van der Waals surface area (Å²) >= 11 is 0. The van der Waals surface area contributed by atoms with Gasteiger partial charge in [-0.2, -0.15) is 5.10 Å². The van der Waals surface area contributed by atoms with E-state index in [1.807, 2.05) is 0 Å². The predicted molar refractivity (Wildman–Crippen MR) is 94.3 cm³/mol. The molecule has 132 valence electrons. The molecule has 0 fully saturated rings. The largest absolute Gasteiger partial charge is 0.462 e. The number of nitrogens with one attached hydrogen (secondary N) is 2. The van der Waals surface area contributed by atoms with Crippen LogP contribution in [0.5, 0.6) is 0 Å². The Labute approximate surface area is 149 Å². The summed E-state index contributed by atoms with van der Waals surface area (Å²) in [6.45, 7) is 2.00. The first kappa shape index (κ1) is 17.3. The third-order valence-electron chi connectivity index (χ3n) is 3.59. The fourth-order valence-corrected chi connectivity index (χ4v) is 2.34. The van der Waals surface area contributed by atoms with Gasteiger partial charge in [0, 0.05) is 11.3 Å². The average Bonchev–Trinajstić information content (AvgIpc) is 3.13. The monoisotopic (exact) mass is 353 g/mol. The van der Waals surface area contributed by atoms with Crippen LogP contribution in [0.3, 0.4) is 0 Å². The van der Waals surface area contributed by atoms with Gasteiger partial charge in [-0.05, 0) is 55.5 Å².